The highest BCUT2D eigenvalue weighted by Gasteiger charge is 2.16. The van der Waals surface area contributed by atoms with Crippen molar-refractivity contribution in [3.8, 4) is 0 Å². The number of hydrogen-bond acceptors (Lipinski definition) is 2. The molecule has 2 heterocycles. The van der Waals surface area contributed by atoms with Gasteiger partial charge in [-0.15, -0.1) is 0 Å². The fraction of sp³-hybridized carbons (Fsp3) is 0.545. The van der Waals surface area contributed by atoms with E-state index in [1.165, 1.54) is 11.1 Å². The summed E-state index contributed by atoms with van der Waals surface area (Å²) in [5.41, 5.74) is 2.78. The first kappa shape index (κ1) is 8.70. The van der Waals surface area contributed by atoms with Crippen LogP contribution in [0.25, 0.3) is 0 Å². The highest BCUT2D eigenvalue weighted by molar-refractivity contribution is 5.82. The Labute approximate surface area is 79.4 Å². The van der Waals surface area contributed by atoms with Crippen LogP contribution in [0.3, 0.4) is 0 Å². The van der Waals surface area contributed by atoms with Crippen molar-refractivity contribution in [1.82, 2.24) is 5.32 Å². The lowest BCUT2D eigenvalue weighted by Gasteiger charge is -2.15. The summed E-state index contributed by atoms with van der Waals surface area (Å²) in [7, 11) is 0. The van der Waals surface area contributed by atoms with Crippen molar-refractivity contribution in [2.24, 2.45) is 4.99 Å². The molecule has 0 aromatic carbocycles. The fourth-order valence-corrected chi connectivity index (χ4v) is 1.63. The van der Waals surface area contributed by atoms with Crippen LogP contribution < -0.4 is 5.32 Å². The van der Waals surface area contributed by atoms with E-state index >= 15 is 0 Å². The van der Waals surface area contributed by atoms with Gasteiger partial charge in [-0.1, -0.05) is 12.2 Å². The first-order valence-electron chi connectivity index (χ1n) is 4.85. The third-order valence-corrected chi connectivity index (χ3v) is 2.54. The first-order valence-corrected chi connectivity index (χ1v) is 4.85. The van der Waals surface area contributed by atoms with Gasteiger partial charge in [0.15, 0.2) is 0 Å². The molecule has 0 unspecified atom stereocenters. The molecule has 0 spiro atoms. The predicted octanol–water partition coefficient (Wildman–Crippen LogP) is 1.70. The zero-order valence-corrected chi connectivity index (χ0v) is 8.30. The second kappa shape index (κ2) is 3.11. The molecule has 70 valence electrons. The fourth-order valence-electron chi connectivity index (χ4n) is 1.63. The monoisotopic (exact) mass is 176 g/mol. The van der Waals surface area contributed by atoms with Crippen molar-refractivity contribution >= 4 is 6.21 Å². The molecular weight excluding hydrogens is 160 g/mol. The van der Waals surface area contributed by atoms with Gasteiger partial charge >= 0.3 is 0 Å². The first-order chi connectivity index (χ1) is 6.17. The molecule has 1 N–H and O–H groups in total. The lowest BCUT2D eigenvalue weighted by atomic mass is 10.0. The number of nitrogens with one attached hydrogen (secondary N) is 1. The minimum atomic E-state index is -0.0304. The van der Waals surface area contributed by atoms with Gasteiger partial charge < -0.3 is 5.32 Å². The van der Waals surface area contributed by atoms with Gasteiger partial charge in [0.2, 0.25) is 0 Å². The van der Waals surface area contributed by atoms with Crippen LogP contribution in [-0.4, -0.2) is 24.8 Å². The van der Waals surface area contributed by atoms with Gasteiger partial charge in [-0.2, -0.15) is 0 Å². The van der Waals surface area contributed by atoms with Gasteiger partial charge in [-0.3, -0.25) is 4.99 Å². The smallest absolute Gasteiger partial charge is 0.0734 e. The van der Waals surface area contributed by atoms with Crippen LogP contribution in [0.15, 0.2) is 28.3 Å². The van der Waals surface area contributed by atoms with Gasteiger partial charge in [-0.25, -0.2) is 0 Å². The van der Waals surface area contributed by atoms with Crippen molar-refractivity contribution in [3.63, 3.8) is 0 Å². The molecule has 2 rings (SSSR count). The second-order valence-corrected chi connectivity index (χ2v) is 4.22. The Balaban J connectivity index is 2.32. The van der Waals surface area contributed by atoms with Gasteiger partial charge in [0, 0.05) is 12.8 Å². The minimum Gasteiger partial charge on any atom is -0.312 e. The number of rotatable bonds is 0. The molecule has 2 heteroatoms. The Kier molecular flexibility index (Phi) is 2.08. The van der Waals surface area contributed by atoms with Crippen molar-refractivity contribution in [2.75, 3.05) is 13.1 Å². The SMILES string of the molecule is CC1(C)C=CC2=C(C=N1)CCNC2. The molecule has 0 aliphatic carbocycles. The summed E-state index contributed by atoms with van der Waals surface area (Å²) in [6.45, 7) is 6.34. The third-order valence-electron chi connectivity index (χ3n) is 2.54. The summed E-state index contributed by atoms with van der Waals surface area (Å²) in [5, 5.41) is 3.37. The predicted molar refractivity (Wildman–Crippen MR) is 56.2 cm³/mol. The normalized spacial score (nSPS) is 25.7. The molecular formula is C11H16N2. The van der Waals surface area contributed by atoms with Crippen LogP contribution in [0.1, 0.15) is 20.3 Å². The Morgan fingerprint density at radius 1 is 1.38 bits per heavy atom. The van der Waals surface area contributed by atoms with Crippen molar-refractivity contribution < 1.29 is 0 Å². The lowest BCUT2D eigenvalue weighted by molar-refractivity contribution is 0.662. The van der Waals surface area contributed by atoms with Crippen LogP contribution in [0, 0.1) is 0 Å². The van der Waals surface area contributed by atoms with Gasteiger partial charge in [0.1, 0.15) is 0 Å². The second-order valence-electron chi connectivity index (χ2n) is 4.22. The molecule has 0 atom stereocenters. The Bertz CT molecular complexity index is 267. The van der Waals surface area contributed by atoms with Crippen molar-refractivity contribution in [3.05, 3.63) is 23.3 Å². The van der Waals surface area contributed by atoms with E-state index in [0.29, 0.717) is 0 Å². The van der Waals surface area contributed by atoms with Crippen LogP contribution in [0.4, 0.5) is 0 Å². The minimum absolute atomic E-state index is 0.0304. The van der Waals surface area contributed by atoms with E-state index in [1.807, 2.05) is 0 Å². The topological polar surface area (TPSA) is 24.4 Å². The van der Waals surface area contributed by atoms with E-state index in [0.717, 1.165) is 19.5 Å². The molecule has 2 aliphatic heterocycles. The molecule has 0 radical (unpaired) electrons. The summed E-state index contributed by atoms with van der Waals surface area (Å²) in [5.74, 6) is 0. The summed E-state index contributed by atoms with van der Waals surface area (Å²) in [6.07, 6.45) is 7.56. The molecule has 0 aromatic rings. The maximum Gasteiger partial charge on any atom is 0.0734 e. The summed E-state index contributed by atoms with van der Waals surface area (Å²) < 4.78 is 0. The highest BCUT2D eigenvalue weighted by Crippen LogP contribution is 2.20. The summed E-state index contributed by atoms with van der Waals surface area (Å²) in [4.78, 5) is 4.54. The standard InChI is InChI=1S/C11H16N2/c1-11(2)5-3-9-7-12-6-4-10(9)8-13-11/h3,5,8,12H,4,6-7H2,1-2H3. The van der Waals surface area contributed by atoms with E-state index < -0.39 is 0 Å². The number of nitrogens with zero attached hydrogens (tertiary/aromatic N) is 1. The van der Waals surface area contributed by atoms with E-state index in [4.69, 9.17) is 0 Å². The van der Waals surface area contributed by atoms with Crippen molar-refractivity contribution in [2.45, 2.75) is 25.8 Å². The van der Waals surface area contributed by atoms with E-state index in [-0.39, 0.29) is 5.54 Å². The van der Waals surface area contributed by atoms with E-state index in [9.17, 15) is 0 Å². The van der Waals surface area contributed by atoms with Crippen molar-refractivity contribution in [1.29, 1.82) is 0 Å². The Morgan fingerprint density at radius 2 is 2.23 bits per heavy atom. The van der Waals surface area contributed by atoms with Gasteiger partial charge in [0.25, 0.3) is 0 Å². The third kappa shape index (κ3) is 1.89. The van der Waals surface area contributed by atoms with Crippen LogP contribution in [0.2, 0.25) is 0 Å². The lowest BCUT2D eigenvalue weighted by Crippen LogP contribution is -2.24. The Hall–Kier alpha value is -0.890. The molecule has 0 amide bonds. The quantitative estimate of drug-likeness (QED) is 0.597. The van der Waals surface area contributed by atoms with Crippen LogP contribution in [0.5, 0.6) is 0 Å². The van der Waals surface area contributed by atoms with E-state index in [2.05, 4.69) is 42.5 Å². The molecule has 0 saturated carbocycles. The molecule has 0 fully saturated rings. The molecule has 0 saturated heterocycles. The molecule has 0 aromatic heterocycles. The zero-order valence-electron chi connectivity index (χ0n) is 8.30. The van der Waals surface area contributed by atoms with Gasteiger partial charge in [-0.05, 0) is 38.0 Å². The average molecular weight is 176 g/mol. The number of aliphatic imine (C=N–C) groups is 1. The maximum atomic E-state index is 4.54. The summed E-state index contributed by atoms with van der Waals surface area (Å²) >= 11 is 0. The molecule has 2 aliphatic rings. The van der Waals surface area contributed by atoms with Crippen LogP contribution >= 0.6 is 0 Å². The molecule has 0 bridgehead atoms. The van der Waals surface area contributed by atoms with E-state index in [1.54, 1.807) is 0 Å². The Morgan fingerprint density at radius 3 is 3.08 bits per heavy atom. The number of hydrogen-bond donors (Lipinski definition) is 1. The van der Waals surface area contributed by atoms with Crippen LogP contribution in [-0.2, 0) is 0 Å². The maximum absolute atomic E-state index is 4.54. The highest BCUT2D eigenvalue weighted by atomic mass is 14.9. The average Bonchev–Trinajstić information content (AvgIpc) is 2.27. The largest absolute Gasteiger partial charge is 0.312 e. The summed E-state index contributed by atoms with van der Waals surface area (Å²) in [6, 6.07) is 0. The zero-order chi connectivity index (χ0) is 9.31. The van der Waals surface area contributed by atoms with Gasteiger partial charge in [0.05, 0.1) is 5.54 Å². The molecule has 2 nitrogen and oxygen atoms in total. The molecule has 13 heavy (non-hydrogen) atoms.